The zero-order valence-corrected chi connectivity index (χ0v) is 13.1. The van der Waals surface area contributed by atoms with Crippen molar-refractivity contribution in [1.29, 1.82) is 5.26 Å². The molecule has 1 aliphatic rings. The van der Waals surface area contributed by atoms with Gasteiger partial charge in [0.1, 0.15) is 17.4 Å². The summed E-state index contributed by atoms with van der Waals surface area (Å²) < 4.78 is 6.26. The first-order valence-electron chi connectivity index (χ1n) is 7.26. The van der Waals surface area contributed by atoms with E-state index < -0.39 is 11.0 Å². The largest absolute Gasteiger partial charge is 0.483 e. The van der Waals surface area contributed by atoms with Gasteiger partial charge >= 0.3 is 0 Å². The van der Waals surface area contributed by atoms with Gasteiger partial charge in [-0.3, -0.25) is 4.79 Å². The topological polar surface area (TPSA) is 50.1 Å². The van der Waals surface area contributed by atoms with Crippen molar-refractivity contribution in [2.45, 2.75) is 46.1 Å². The zero-order chi connectivity index (χ0) is 15.7. The number of carbonyl (C=O) groups excluding carboxylic acids is 1. The van der Waals surface area contributed by atoms with Gasteiger partial charge in [-0.15, -0.1) is 0 Å². The molecule has 0 aliphatic heterocycles. The van der Waals surface area contributed by atoms with Gasteiger partial charge in [-0.25, -0.2) is 0 Å². The molecule has 1 unspecified atom stereocenters. The van der Waals surface area contributed by atoms with Crippen LogP contribution < -0.4 is 4.74 Å². The van der Waals surface area contributed by atoms with E-state index in [0.717, 1.165) is 11.3 Å². The Kier molecular flexibility index (Phi) is 3.91. The molecule has 1 aromatic rings. The first-order chi connectivity index (χ1) is 9.83. The monoisotopic (exact) mass is 283 g/mol. The molecule has 110 valence electrons. The van der Waals surface area contributed by atoms with Crippen LogP contribution in [0.1, 0.15) is 39.2 Å². The smallest absolute Gasteiger partial charge is 0.178 e. The number of para-hydroxylation sites is 1. The maximum atomic E-state index is 12.3. The molecule has 0 bridgehead atoms. The summed E-state index contributed by atoms with van der Waals surface area (Å²) in [5.74, 6) is 0.709. The minimum atomic E-state index is -0.603. The first kappa shape index (κ1) is 15.3. The van der Waals surface area contributed by atoms with Crippen LogP contribution in [0.5, 0.6) is 5.75 Å². The second-order valence-corrected chi connectivity index (χ2v) is 6.35. The van der Waals surface area contributed by atoms with Crippen molar-refractivity contribution in [3.8, 4) is 11.8 Å². The SMILES string of the molecule is CCC1(Oc2ccccc2C)C=C(C#N)C(=O)C(C)(C)C1. The Morgan fingerprint density at radius 3 is 2.57 bits per heavy atom. The number of nitriles is 1. The van der Waals surface area contributed by atoms with Gasteiger partial charge in [0.25, 0.3) is 0 Å². The summed E-state index contributed by atoms with van der Waals surface area (Å²) in [6.07, 6.45) is 3.01. The summed E-state index contributed by atoms with van der Waals surface area (Å²) in [5.41, 5.74) is 0.0706. The van der Waals surface area contributed by atoms with Crippen molar-refractivity contribution >= 4 is 5.78 Å². The fraction of sp³-hybridized carbons (Fsp3) is 0.444. The van der Waals surface area contributed by atoms with Crippen molar-refractivity contribution in [3.63, 3.8) is 0 Å². The summed E-state index contributed by atoms with van der Waals surface area (Å²) in [4.78, 5) is 12.3. The van der Waals surface area contributed by atoms with Gasteiger partial charge in [0.2, 0.25) is 0 Å². The van der Waals surface area contributed by atoms with Crippen LogP contribution in [-0.4, -0.2) is 11.4 Å². The van der Waals surface area contributed by atoms with E-state index in [1.54, 1.807) is 6.08 Å². The third-order valence-electron chi connectivity index (χ3n) is 4.13. The molecule has 0 N–H and O–H groups in total. The molecule has 1 atom stereocenters. The van der Waals surface area contributed by atoms with Crippen LogP contribution in [0.15, 0.2) is 35.9 Å². The Labute approximate surface area is 126 Å². The number of ketones is 1. The number of aryl methyl sites for hydroxylation is 1. The normalized spacial score (nSPS) is 24.1. The Morgan fingerprint density at radius 2 is 2.00 bits per heavy atom. The number of hydrogen-bond acceptors (Lipinski definition) is 3. The molecule has 3 heteroatoms. The van der Waals surface area contributed by atoms with E-state index in [1.807, 2.05) is 58.0 Å². The van der Waals surface area contributed by atoms with Crippen LogP contribution in [0.2, 0.25) is 0 Å². The predicted molar refractivity (Wildman–Crippen MR) is 81.9 cm³/mol. The van der Waals surface area contributed by atoms with E-state index in [4.69, 9.17) is 4.74 Å². The average Bonchev–Trinajstić information content (AvgIpc) is 2.45. The van der Waals surface area contributed by atoms with Crippen molar-refractivity contribution in [3.05, 3.63) is 41.5 Å². The zero-order valence-electron chi connectivity index (χ0n) is 13.1. The molecule has 1 aliphatic carbocycles. The summed E-state index contributed by atoms with van der Waals surface area (Å²) in [6.45, 7) is 7.78. The number of hydrogen-bond donors (Lipinski definition) is 0. The number of nitrogens with zero attached hydrogens (tertiary/aromatic N) is 1. The maximum Gasteiger partial charge on any atom is 0.178 e. The molecule has 0 spiro atoms. The molecular weight excluding hydrogens is 262 g/mol. The highest BCUT2D eigenvalue weighted by molar-refractivity contribution is 6.03. The highest BCUT2D eigenvalue weighted by Crippen LogP contribution is 2.42. The van der Waals surface area contributed by atoms with Crippen molar-refractivity contribution in [1.82, 2.24) is 0 Å². The Balaban J connectivity index is 2.47. The molecule has 0 amide bonds. The fourth-order valence-corrected chi connectivity index (χ4v) is 2.91. The van der Waals surface area contributed by atoms with Crippen LogP contribution >= 0.6 is 0 Å². The summed E-state index contributed by atoms with van der Waals surface area (Å²) in [6, 6.07) is 9.84. The third kappa shape index (κ3) is 2.85. The van der Waals surface area contributed by atoms with Crippen LogP contribution in [0.3, 0.4) is 0 Å². The lowest BCUT2D eigenvalue weighted by atomic mass is 9.69. The highest BCUT2D eigenvalue weighted by atomic mass is 16.5. The number of benzene rings is 1. The van der Waals surface area contributed by atoms with Gasteiger partial charge < -0.3 is 4.74 Å². The number of ether oxygens (including phenoxy) is 1. The van der Waals surface area contributed by atoms with Crippen LogP contribution in [0.25, 0.3) is 0 Å². The summed E-state index contributed by atoms with van der Waals surface area (Å²) >= 11 is 0. The molecule has 21 heavy (non-hydrogen) atoms. The molecule has 0 radical (unpaired) electrons. The van der Waals surface area contributed by atoms with E-state index in [9.17, 15) is 10.1 Å². The van der Waals surface area contributed by atoms with E-state index in [0.29, 0.717) is 12.8 Å². The molecule has 0 heterocycles. The number of allylic oxidation sites excluding steroid dienone is 1. The van der Waals surface area contributed by atoms with Gasteiger partial charge in [0.05, 0.1) is 5.57 Å². The first-order valence-corrected chi connectivity index (χ1v) is 7.26. The molecule has 2 rings (SSSR count). The van der Waals surface area contributed by atoms with Gasteiger partial charge in [0, 0.05) is 11.8 Å². The van der Waals surface area contributed by atoms with E-state index >= 15 is 0 Å². The quantitative estimate of drug-likeness (QED) is 0.843. The second-order valence-electron chi connectivity index (χ2n) is 6.35. The van der Waals surface area contributed by atoms with Crippen LogP contribution in [0, 0.1) is 23.7 Å². The summed E-state index contributed by atoms with van der Waals surface area (Å²) in [5, 5.41) is 9.25. The molecule has 0 aromatic heterocycles. The molecule has 0 fully saturated rings. The average molecular weight is 283 g/mol. The van der Waals surface area contributed by atoms with Crippen LogP contribution in [-0.2, 0) is 4.79 Å². The Morgan fingerprint density at radius 1 is 1.33 bits per heavy atom. The lowest BCUT2D eigenvalue weighted by Crippen LogP contribution is -2.46. The van der Waals surface area contributed by atoms with Crippen molar-refractivity contribution in [2.24, 2.45) is 5.41 Å². The van der Waals surface area contributed by atoms with E-state index in [1.165, 1.54) is 0 Å². The molecule has 0 saturated heterocycles. The Hall–Kier alpha value is -2.08. The highest BCUT2D eigenvalue weighted by Gasteiger charge is 2.45. The standard InChI is InChI=1S/C18H21NO2/c1-5-18(21-15-9-7-6-8-13(15)2)10-14(11-19)16(20)17(3,4)12-18/h6-10H,5,12H2,1-4H3. The lowest BCUT2D eigenvalue weighted by molar-refractivity contribution is -0.126. The molecular formula is C18H21NO2. The Bertz CT molecular complexity index is 637. The fourth-order valence-electron chi connectivity index (χ4n) is 2.91. The number of rotatable bonds is 3. The lowest BCUT2D eigenvalue weighted by Gasteiger charge is -2.41. The van der Waals surface area contributed by atoms with E-state index in [2.05, 4.69) is 0 Å². The van der Waals surface area contributed by atoms with E-state index in [-0.39, 0.29) is 11.4 Å². The maximum absolute atomic E-state index is 12.3. The van der Waals surface area contributed by atoms with Gasteiger partial charge in [-0.2, -0.15) is 5.26 Å². The number of carbonyl (C=O) groups is 1. The minimum Gasteiger partial charge on any atom is -0.483 e. The van der Waals surface area contributed by atoms with Gasteiger partial charge in [0.15, 0.2) is 5.78 Å². The number of Topliss-reactive ketones (excluding diaryl/α,β-unsaturated/α-hetero) is 1. The third-order valence-corrected chi connectivity index (χ3v) is 4.13. The molecule has 0 saturated carbocycles. The van der Waals surface area contributed by atoms with Crippen LogP contribution in [0.4, 0.5) is 0 Å². The minimum absolute atomic E-state index is 0.0949. The molecule has 1 aromatic carbocycles. The van der Waals surface area contributed by atoms with Crippen molar-refractivity contribution < 1.29 is 9.53 Å². The second kappa shape index (κ2) is 5.37. The summed E-state index contributed by atoms with van der Waals surface area (Å²) in [7, 11) is 0. The van der Waals surface area contributed by atoms with Gasteiger partial charge in [-0.1, -0.05) is 39.0 Å². The van der Waals surface area contributed by atoms with Crippen molar-refractivity contribution in [2.75, 3.05) is 0 Å². The molecule has 3 nitrogen and oxygen atoms in total. The van der Waals surface area contributed by atoms with Gasteiger partial charge in [-0.05, 0) is 31.1 Å². The predicted octanol–water partition coefficient (Wildman–Crippen LogP) is 3.97.